The molecule has 1 aliphatic carbocycles. The van der Waals surface area contributed by atoms with Gasteiger partial charge in [0.25, 0.3) is 0 Å². The van der Waals surface area contributed by atoms with Gasteiger partial charge in [-0.05, 0) is 61.3 Å². The Morgan fingerprint density at radius 1 is 1.25 bits per heavy atom. The Balaban J connectivity index is 1.90. The number of ketones is 1. The lowest BCUT2D eigenvalue weighted by molar-refractivity contribution is -0.111. The average molecular weight is 392 g/mol. The van der Waals surface area contributed by atoms with E-state index in [0.717, 1.165) is 35.8 Å². The Bertz CT molecular complexity index is 652. The number of hydrazine groups is 1. The fourth-order valence-corrected chi connectivity index (χ4v) is 4.09. The van der Waals surface area contributed by atoms with Gasteiger partial charge >= 0.3 is 0 Å². The Labute approximate surface area is 152 Å². The van der Waals surface area contributed by atoms with Gasteiger partial charge in [-0.15, -0.1) is 0 Å². The molecule has 1 heterocycles. The monoisotopic (exact) mass is 391 g/mol. The molecule has 130 valence electrons. The third-order valence-corrected chi connectivity index (χ3v) is 5.91. The van der Waals surface area contributed by atoms with Crippen molar-refractivity contribution >= 4 is 33.2 Å². The van der Waals surface area contributed by atoms with Crippen LogP contribution in [0.5, 0.6) is 0 Å². The van der Waals surface area contributed by atoms with Crippen molar-refractivity contribution in [3.8, 4) is 0 Å². The number of hydrogen-bond acceptors (Lipinski definition) is 4. The minimum absolute atomic E-state index is 0.00747. The van der Waals surface area contributed by atoms with Crippen LogP contribution in [0.25, 0.3) is 0 Å². The van der Waals surface area contributed by atoms with Crippen molar-refractivity contribution in [2.75, 3.05) is 5.01 Å². The van der Waals surface area contributed by atoms with Gasteiger partial charge in [-0.3, -0.25) is 15.2 Å². The predicted molar refractivity (Wildman–Crippen MR) is 102 cm³/mol. The number of carbonyl (C=O) groups is 1. The van der Waals surface area contributed by atoms with Crippen molar-refractivity contribution in [3.05, 3.63) is 28.7 Å². The summed E-state index contributed by atoms with van der Waals surface area (Å²) in [6.45, 7) is 8.53. The molecule has 1 N–H and O–H groups in total. The molecular formula is C19H26BrN3O. The Morgan fingerprint density at radius 3 is 2.33 bits per heavy atom. The number of carbonyl (C=O) groups excluding carboxylic acids is 1. The molecule has 1 saturated carbocycles. The van der Waals surface area contributed by atoms with E-state index < -0.39 is 0 Å². The number of amidine groups is 1. The first-order chi connectivity index (χ1) is 11.2. The third-order valence-electron chi connectivity index (χ3n) is 5.38. The molecule has 0 radical (unpaired) electrons. The van der Waals surface area contributed by atoms with Crippen molar-refractivity contribution < 1.29 is 4.79 Å². The van der Waals surface area contributed by atoms with Gasteiger partial charge in [-0.25, -0.2) is 4.99 Å². The molecule has 0 unspecified atom stereocenters. The van der Waals surface area contributed by atoms with Crippen LogP contribution in [0.1, 0.15) is 53.4 Å². The van der Waals surface area contributed by atoms with E-state index in [1.54, 1.807) is 6.92 Å². The Morgan fingerprint density at radius 2 is 1.83 bits per heavy atom. The van der Waals surface area contributed by atoms with Gasteiger partial charge in [0.1, 0.15) is 0 Å². The first-order valence-electron chi connectivity index (χ1n) is 8.64. The van der Waals surface area contributed by atoms with Crippen LogP contribution < -0.4 is 10.4 Å². The van der Waals surface area contributed by atoms with Gasteiger partial charge in [0.15, 0.2) is 17.3 Å². The first kappa shape index (κ1) is 17.5. The van der Waals surface area contributed by atoms with Gasteiger partial charge < -0.3 is 0 Å². The van der Waals surface area contributed by atoms with Crippen LogP contribution in [0.4, 0.5) is 5.69 Å². The zero-order chi connectivity index (χ0) is 17.5. The maximum Gasteiger partial charge on any atom is 0.196 e. The fourth-order valence-electron chi connectivity index (χ4n) is 3.83. The summed E-state index contributed by atoms with van der Waals surface area (Å²) in [6.07, 6.45) is 4.20. The van der Waals surface area contributed by atoms with Gasteiger partial charge in [-0.1, -0.05) is 36.7 Å². The number of anilines is 1. The Kier molecular flexibility index (Phi) is 4.49. The number of Topliss-reactive ketones (excluding diaryl/α,β-unsaturated/α-hetero) is 1. The predicted octanol–water partition coefficient (Wildman–Crippen LogP) is 4.69. The molecule has 0 saturated heterocycles. The van der Waals surface area contributed by atoms with Gasteiger partial charge in [0.05, 0.1) is 5.69 Å². The molecule has 4 nitrogen and oxygen atoms in total. The van der Waals surface area contributed by atoms with Crippen molar-refractivity contribution in [1.82, 2.24) is 5.43 Å². The summed E-state index contributed by atoms with van der Waals surface area (Å²) in [6, 6.07) is 8.18. The molecule has 0 atom stereocenters. The lowest BCUT2D eigenvalue weighted by Gasteiger charge is -2.45. The molecule has 2 aliphatic rings. The number of nitrogens with one attached hydrogen (secondary N) is 1. The van der Waals surface area contributed by atoms with Crippen molar-refractivity contribution in [1.29, 1.82) is 0 Å². The second kappa shape index (κ2) is 6.17. The van der Waals surface area contributed by atoms with E-state index in [1.807, 2.05) is 12.1 Å². The second-order valence-corrected chi connectivity index (χ2v) is 8.98. The molecule has 1 spiro atoms. The highest BCUT2D eigenvalue weighted by molar-refractivity contribution is 9.10. The van der Waals surface area contributed by atoms with E-state index in [0.29, 0.717) is 17.2 Å². The molecule has 1 aromatic rings. The topological polar surface area (TPSA) is 44.7 Å². The fraction of sp³-hybridized carbons (Fsp3) is 0.579. The maximum atomic E-state index is 11.9. The van der Waals surface area contributed by atoms with Crippen molar-refractivity contribution in [3.63, 3.8) is 0 Å². The molecule has 5 heteroatoms. The zero-order valence-corrected chi connectivity index (χ0v) is 16.5. The summed E-state index contributed by atoms with van der Waals surface area (Å²) in [5, 5.41) is 2.11. The SMILES string of the molecule is CC(=O)C1=NC2(CCC(C(C)(C)C)CC2)N(c2ccc(Br)cc2)N1. The number of nitrogens with zero attached hydrogens (tertiary/aromatic N) is 2. The summed E-state index contributed by atoms with van der Waals surface area (Å²) in [4.78, 5) is 16.7. The lowest BCUT2D eigenvalue weighted by atomic mass is 9.69. The Hall–Kier alpha value is -1.36. The first-order valence-corrected chi connectivity index (χ1v) is 9.44. The van der Waals surface area contributed by atoms with E-state index >= 15 is 0 Å². The molecular weight excluding hydrogens is 366 g/mol. The van der Waals surface area contributed by atoms with Crippen LogP contribution in [-0.2, 0) is 4.79 Å². The van der Waals surface area contributed by atoms with Crippen molar-refractivity contribution in [2.45, 2.75) is 59.0 Å². The van der Waals surface area contributed by atoms with Crippen LogP contribution in [0.15, 0.2) is 33.7 Å². The highest BCUT2D eigenvalue weighted by atomic mass is 79.9. The van der Waals surface area contributed by atoms with Crippen molar-refractivity contribution in [2.24, 2.45) is 16.3 Å². The third kappa shape index (κ3) is 3.23. The smallest absolute Gasteiger partial charge is 0.196 e. The largest absolute Gasteiger partial charge is 0.291 e. The summed E-state index contributed by atoms with van der Waals surface area (Å²) < 4.78 is 1.05. The van der Waals surface area contributed by atoms with Gasteiger partial charge in [-0.2, -0.15) is 0 Å². The molecule has 0 bridgehead atoms. The van der Waals surface area contributed by atoms with Crippen LogP contribution in [-0.4, -0.2) is 17.3 Å². The van der Waals surface area contributed by atoms with Gasteiger partial charge in [0, 0.05) is 11.4 Å². The van der Waals surface area contributed by atoms with Crippen LogP contribution in [0, 0.1) is 11.3 Å². The molecule has 3 rings (SSSR count). The standard InChI is InChI=1S/C19H26BrN3O/c1-13(24)17-21-19(11-9-14(10-12-19)18(2,3)4)23(22-17)16-7-5-15(20)6-8-16/h5-8,14H,9-12H2,1-4H3,(H,21,22). The van der Waals surface area contributed by atoms with E-state index in [4.69, 9.17) is 4.99 Å². The second-order valence-electron chi connectivity index (χ2n) is 8.06. The number of benzene rings is 1. The number of halogens is 1. The highest BCUT2D eigenvalue weighted by Gasteiger charge is 2.47. The molecule has 24 heavy (non-hydrogen) atoms. The number of hydrogen-bond donors (Lipinski definition) is 1. The summed E-state index contributed by atoms with van der Waals surface area (Å²) in [5.41, 5.74) is 4.29. The van der Waals surface area contributed by atoms with Gasteiger partial charge in [0.2, 0.25) is 0 Å². The quantitative estimate of drug-likeness (QED) is 0.794. The summed E-state index contributed by atoms with van der Waals surface area (Å²) in [7, 11) is 0. The minimum Gasteiger partial charge on any atom is -0.291 e. The number of rotatable bonds is 2. The highest BCUT2D eigenvalue weighted by Crippen LogP contribution is 2.46. The number of aliphatic imine (C=N–C) groups is 1. The molecule has 1 aliphatic heterocycles. The van der Waals surface area contributed by atoms with E-state index in [9.17, 15) is 4.79 Å². The maximum absolute atomic E-state index is 11.9. The zero-order valence-electron chi connectivity index (χ0n) is 14.9. The molecule has 1 aromatic carbocycles. The normalized spacial score (nSPS) is 27.1. The summed E-state index contributed by atoms with van der Waals surface area (Å²) in [5.74, 6) is 1.17. The van der Waals surface area contributed by atoms with Crippen LogP contribution >= 0.6 is 15.9 Å². The molecule has 0 amide bonds. The minimum atomic E-state index is -0.337. The molecule has 1 fully saturated rings. The van der Waals surface area contributed by atoms with E-state index in [1.165, 1.54) is 0 Å². The van der Waals surface area contributed by atoms with E-state index in [2.05, 4.69) is 59.3 Å². The van der Waals surface area contributed by atoms with Crippen LogP contribution in [0.3, 0.4) is 0 Å². The van der Waals surface area contributed by atoms with E-state index in [-0.39, 0.29) is 11.4 Å². The summed E-state index contributed by atoms with van der Waals surface area (Å²) >= 11 is 3.48. The average Bonchev–Trinajstić information content (AvgIpc) is 2.87. The molecule has 0 aromatic heterocycles. The lowest BCUT2D eigenvalue weighted by Crippen LogP contribution is -2.53. The van der Waals surface area contributed by atoms with Crippen LogP contribution in [0.2, 0.25) is 0 Å².